The molecule has 4 heteroatoms. The number of rotatable bonds is 3. The van der Waals surface area contributed by atoms with Gasteiger partial charge < -0.3 is 4.74 Å². The molecule has 0 aliphatic carbocycles. The predicted molar refractivity (Wildman–Crippen MR) is 74.8 cm³/mol. The lowest BCUT2D eigenvalue weighted by molar-refractivity contribution is 0.482. The molecule has 0 saturated heterocycles. The van der Waals surface area contributed by atoms with Crippen LogP contribution in [0.5, 0.6) is 11.5 Å². The van der Waals surface area contributed by atoms with Crippen LogP contribution in [0.3, 0.4) is 0 Å². The monoisotopic (exact) mass is 268 g/mol. The highest BCUT2D eigenvalue weighted by atomic mass is 19.1. The molecule has 0 aliphatic rings. The van der Waals surface area contributed by atoms with Crippen LogP contribution in [0.1, 0.15) is 5.56 Å². The zero-order chi connectivity index (χ0) is 13.9. The Morgan fingerprint density at radius 2 is 1.90 bits per heavy atom. The first-order valence-electron chi connectivity index (χ1n) is 6.26. The fraction of sp³-hybridized carbons (Fsp3) is 0.0625. The Morgan fingerprint density at radius 1 is 1.05 bits per heavy atom. The van der Waals surface area contributed by atoms with E-state index in [1.54, 1.807) is 29.2 Å². The van der Waals surface area contributed by atoms with Crippen LogP contribution in [0.2, 0.25) is 0 Å². The molecule has 3 nitrogen and oxygen atoms in total. The third kappa shape index (κ3) is 2.69. The van der Waals surface area contributed by atoms with Crippen LogP contribution in [0.4, 0.5) is 4.39 Å². The van der Waals surface area contributed by atoms with Gasteiger partial charge in [-0.05, 0) is 42.8 Å². The van der Waals surface area contributed by atoms with Gasteiger partial charge in [-0.15, -0.1) is 0 Å². The van der Waals surface area contributed by atoms with Crippen LogP contribution in [0.25, 0.3) is 5.69 Å². The van der Waals surface area contributed by atoms with E-state index in [4.69, 9.17) is 4.74 Å². The average molecular weight is 268 g/mol. The molecule has 3 rings (SSSR count). The lowest BCUT2D eigenvalue weighted by atomic mass is 10.2. The molecule has 0 saturated carbocycles. The lowest BCUT2D eigenvalue weighted by Gasteiger charge is -2.03. The molecule has 20 heavy (non-hydrogen) atoms. The maximum atomic E-state index is 13.2. The molecule has 1 heterocycles. The summed E-state index contributed by atoms with van der Waals surface area (Å²) in [6.45, 7) is 2.00. The van der Waals surface area contributed by atoms with E-state index in [1.165, 1.54) is 12.1 Å². The van der Waals surface area contributed by atoms with Gasteiger partial charge >= 0.3 is 0 Å². The summed E-state index contributed by atoms with van der Waals surface area (Å²) in [5, 5.41) is 4.17. The van der Waals surface area contributed by atoms with Crippen molar-refractivity contribution in [3.63, 3.8) is 0 Å². The Hall–Kier alpha value is -2.62. The fourth-order valence-electron chi connectivity index (χ4n) is 1.93. The van der Waals surface area contributed by atoms with Crippen LogP contribution in [-0.4, -0.2) is 9.78 Å². The van der Waals surface area contributed by atoms with E-state index in [0.717, 1.165) is 11.3 Å². The molecule has 2 aromatic carbocycles. The maximum Gasteiger partial charge on any atom is 0.165 e. The third-order valence-electron chi connectivity index (χ3n) is 2.86. The number of hydrogen-bond acceptors (Lipinski definition) is 2. The van der Waals surface area contributed by atoms with Gasteiger partial charge in [-0.2, -0.15) is 5.10 Å². The molecular formula is C16H13FN2O. The second kappa shape index (κ2) is 5.17. The number of hydrogen-bond donors (Lipinski definition) is 0. The normalized spacial score (nSPS) is 10.5. The third-order valence-corrected chi connectivity index (χ3v) is 2.86. The van der Waals surface area contributed by atoms with Crippen molar-refractivity contribution in [3.05, 3.63) is 72.3 Å². The van der Waals surface area contributed by atoms with Crippen molar-refractivity contribution in [1.82, 2.24) is 9.78 Å². The summed E-state index contributed by atoms with van der Waals surface area (Å²) in [7, 11) is 0. The Kier molecular flexibility index (Phi) is 3.21. The molecule has 0 unspecified atom stereocenters. The van der Waals surface area contributed by atoms with Crippen molar-refractivity contribution in [2.75, 3.05) is 0 Å². The number of aryl methyl sites for hydroxylation is 1. The van der Waals surface area contributed by atoms with E-state index in [0.29, 0.717) is 11.4 Å². The summed E-state index contributed by atoms with van der Waals surface area (Å²) >= 11 is 0. The van der Waals surface area contributed by atoms with Crippen LogP contribution in [0.15, 0.2) is 60.9 Å². The van der Waals surface area contributed by atoms with Crippen LogP contribution in [-0.2, 0) is 0 Å². The average Bonchev–Trinajstić information content (AvgIpc) is 2.87. The van der Waals surface area contributed by atoms with Crippen molar-refractivity contribution in [2.45, 2.75) is 6.92 Å². The highest BCUT2D eigenvalue weighted by Gasteiger charge is 2.04. The van der Waals surface area contributed by atoms with Gasteiger partial charge in [-0.1, -0.05) is 18.2 Å². The minimum atomic E-state index is -0.292. The van der Waals surface area contributed by atoms with Crippen molar-refractivity contribution < 1.29 is 9.13 Å². The van der Waals surface area contributed by atoms with Crippen molar-refractivity contribution in [1.29, 1.82) is 0 Å². The lowest BCUT2D eigenvalue weighted by Crippen LogP contribution is -1.94. The summed E-state index contributed by atoms with van der Waals surface area (Å²) in [6.07, 6.45) is 3.32. The van der Waals surface area contributed by atoms with Gasteiger partial charge in [0.2, 0.25) is 0 Å². The molecule has 0 bridgehead atoms. The van der Waals surface area contributed by atoms with E-state index in [1.807, 2.05) is 31.2 Å². The zero-order valence-electron chi connectivity index (χ0n) is 11.0. The van der Waals surface area contributed by atoms with Gasteiger partial charge in [0.05, 0.1) is 18.1 Å². The Labute approximate surface area is 116 Å². The van der Waals surface area contributed by atoms with E-state index in [9.17, 15) is 4.39 Å². The van der Waals surface area contributed by atoms with Gasteiger partial charge in [0.25, 0.3) is 0 Å². The first-order valence-corrected chi connectivity index (χ1v) is 6.26. The molecular weight excluding hydrogens is 255 g/mol. The number of halogens is 1. The molecule has 0 aliphatic heterocycles. The Bertz CT molecular complexity index is 737. The van der Waals surface area contributed by atoms with E-state index >= 15 is 0 Å². The van der Waals surface area contributed by atoms with Gasteiger partial charge in [0.15, 0.2) is 5.75 Å². The highest BCUT2D eigenvalue weighted by Crippen LogP contribution is 2.22. The van der Waals surface area contributed by atoms with Gasteiger partial charge in [-0.25, -0.2) is 9.07 Å². The second-order valence-electron chi connectivity index (χ2n) is 4.52. The molecule has 1 aromatic heterocycles. The molecule has 100 valence electrons. The largest absolute Gasteiger partial charge is 0.454 e. The molecule has 0 N–H and O–H groups in total. The van der Waals surface area contributed by atoms with Gasteiger partial charge in [0.1, 0.15) is 11.6 Å². The SMILES string of the molecule is Cc1cccc(Oc2cnn(-c3cccc(F)c3)c2)c1. The molecule has 0 spiro atoms. The molecule has 0 radical (unpaired) electrons. The van der Waals surface area contributed by atoms with E-state index in [-0.39, 0.29) is 5.82 Å². The summed E-state index contributed by atoms with van der Waals surface area (Å²) in [4.78, 5) is 0. The summed E-state index contributed by atoms with van der Waals surface area (Å²) in [6, 6.07) is 14.0. The highest BCUT2D eigenvalue weighted by molar-refractivity contribution is 5.35. The zero-order valence-corrected chi connectivity index (χ0v) is 11.0. The second-order valence-corrected chi connectivity index (χ2v) is 4.52. The minimum Gasteiger partial charge on any atom is -0.454 e. The van der Waals surface area contributed by atoms with Crippen molar-refractivity contribution in [3.8, 4) is 17.2 Å². The summed E-state index contributed by atoms with van der Waals surface area (Å²) in [5.74, 6) is 1.07. The Balaban J connectivity index is 1.84. The van der Waals surface area contributed by atoms with Crippen LogP contribution >= 0.6 is 0 Å². The standard InChI is InChI=1S/C16H13FN2O/c1-12-4-2-7-15(8-12)20-16-10-18-19(11-16)14-6-3-5-13(17)9-14/h2-11H,1H3. The van der Waals surface area contributed by atoms with E-state index < -0.39 is 0 Å². The van der Waals surface area contributed by atoms with E-state index in [2.05, 4.69) is 5.10 Å². The fourth-order valence-corrected chi connectivity index (χ4v) is 1.93. The number of benzene rings is 2. The van der Waals surface area contributed by atoms with Crippen LogP contribution in [0, 0.1) is 12.7 Å². The quantitative estimate of drug-likeness (QED) is 0.714. The minimum absolute atomic E-state index is 0.292. The van der Waals surface area contributed by atoms with Gasteiger partial charge in [0, 0.05) is 0 Å². The molecule has 0 fully saturated rings. The van der Waals surface area contributed by atoms with Crippen molar-refractivity contribution in [2.24, 2.45) is 0 Å². The predicted octanol–water partition coefficient (Wildman–Crippen LogP) is 4.11. The Morgan fingerprint density at radius 3 is 2.70 bits per heavy atom. The van der Waals surface area contributed by atoms with Crippen molar-refractivity contribution >= 4 is 0 Å². The topological polar surface area (TPSA) is 27.1 Å². The van der Waals surface area contributed by atoms with Gasteiger partial charge in [-0.3, -0.25) is 0 Å². The smallest absolute Gasteiger partial charge is 0.165 e. The first kappa shape index (κ1) is 12.4. The molecule has 0 atom stereocenters. The number of nitrogens with zero attached hydrogens (tertiary/aromatic N) is 2. The summed E-state index contributed by atoms with van der Waals surface area (Å²) in [5.41, 5.74) is 1.78. The summed E-state index contributed by atoms with van der Waals surface area (Å²) < 4.78 is 20.5. The number of aromatic nitrogens is 2. The van der Waals surface area contributed by atoms with Crippen LogP contribution < -0.4 is 4.74 Å². The maximum absolute atomic E-state index is 13.2. The molecule has 3 aromatic rings. The molecule has 0 amide bonds. The number of ether oxygens (including phenoxy) is 1. The first-order chi connectivity index (χ1) is 9.70.